The van der Waals surface area contributed by atoms with Crippen molar-refractivity contribution in [2.75, 3.05) is 13.1 Å². The van der Waals surface area contributed by atoms with Gasteiger partial charge in [0.1, 0.15) is 17.2 Å². The maximum atomic E-state index is 13.4. The van der Waals surface area contributed by atoms with Crippen molar-refractivity contribution in [1.82, 2.24) is 4.90 Å². The Hall–Kier alpha value is -1.49. The fraction of sp³-hybridized carbons (Fsp3) is 0.462. The maximum absolute atomic E-state index is 13.4. The highest BCUT2D eigenvalue weighted by atomic mass is 19.1. The summed E-state index contributed by atoms with van der Waals surface area (Å²) in [6.45, 7) is 2.72. The smallest absolute Gasteiger partial charge is 0.259 e. The summed E-state index contributed by atoms with van der Waals surface area (Å²) in [5.74, 6) is -2.28. The van der Waals surface area contributed by atoms with E-state index in [2.05, 4.69) is 0 Å². The van der Waals surface area contributed by atoms with Crippen molar-refractivity contribution in [3.8, 4) is 0 Å². The Labute approximate surface area is 105 Å². The van der Waals surface area contributed by atoms with Gasteiger partial charge in [0.05, 0.1) is 5.54 Å². The van der Waals surface area contributed by atoms with E-state index >= 15 is 0 Å². The largest absolute Gasteiger partial charge is 0.335 e. The molecule has 1 aromatic carbocycles. The van der Waals surface area contributed by atoms with Crippen molar-refractivity contribution in [1.29, 1.82) is 0 Å². The predicted molar refractivity (Wildman–Crippen MR) is 64.1 cm³/mol. The summed E-state index contributed by atoms with van der Waals surface area (Å²) in [5.41, 5.74) is 5.13. The molecule has 0 saturated carbocycles. The van der Waals surface area contributed by atoms with Gasteiger partial charge in [-0.05, 0) is 18.6 Å². The number of carbonyl (C=O) groups is 1. The average Bonchev–Trinajstić information content (AvgIpc) is 2.25. The van der Waals surface area contributed by atoms with Crippen LogP contribution in [0.25, 0.3) is 0 Å². The molecular weight excluding hydrogens is 238 g/mol. The van der Waals surface area contributed by atoms with E-state index in [0.717, 1.165) is 25.0 Å². The van der Waals surface area contributed by atoms with Crippen LogP contribution >= 0.6 is 0 Å². The molecule has 0 bridgehead atoms. The molecule has 1 amide bonds. The van der Waals surface area contributed by atoms with Gasteiger partial charge in [0, 0.05) is 13.1 Å². The molecule has 0 aliphatic carbocycles. The molecule has 1 aliphatic rings. The molecule has 1 saturated heterocycles. The zero-order valence-corrected chi connectivity index (χ0v) is 10.2. The van der Waals surface area contributed by atoms with Crippen LogP contribution in [0.15, 0.2) is 18.2 Å². The van der Waals surface area contributed by atoms with Crippen molar-refractivity contribution in [3.63, 3.8) is 0 Å². The molecule has 1 heterocycles. The van der Waals surface area contributed by atoms with Crippen LogP contribution < -0.4 is 5.73 Å². The molecule has 2 rings (SSSR count). The van der Waals surface area contributed by atoms with Gasteiger partial charge >= 0.3 is 0 Å². The van der Waals surface area contributed by atoms with Crippen molar-refractivity contribution >= 4 is 5.91 Å². The Morgan fingerprint density at radius 3 is 2.44 bits per heavy atom. The first-order valence-corrected chi connectivity index (χ1v) is 5.99. The van der Waals surface area contributed by atoms with E-state index in [1.165, 1.54) is 11.0 Å². The van der Waals surface area contributed by atoms with Gasteiger partial charge in [-0.2, -0.15) is 0 Å². The SMILES string of the molecule is CCCC1(N)CN(C(=O)c2c(F)cccc2F)C1. The fourth-order valence-corrected chi connectivity index (χ4v) is 2.37. The third-order valence-electron chi connectivity index (χ3n) is 3.22. The highest BCUT2D eigenvalue weighted by Gasteiger charge is 2.42. The highest BCUT2D eigenvalue weighted by molar-refractivity contribution is 5.95. The summed E-state index contributed by atoms with van der Waals surface area (Å²) in [5, 5.41) is 0. The van der Waals surface area contributed by atoms with Crippen LogP contribution in [-0.4, -0.2) is 29.4 Å². The monoisotopic (exact) mass is 254 g/mol. The molecule has 1 aromatic rings. The third-order valence-corrected chi connectivity index (χ3v) is 3.22. The summed E-state index contributed by atoms with van der Waals surface area (Å²) < 4.78 is 26.9. The van der Waals surface area contributed by atoms with Crippen LogP contribution in [-0.2, 0) is 0 Å². The first kappa shape index (κ1) is 13.0. The molecule has 1 fully saturated rings. The van der Waals surface area contributed by atoms with E-state index < -0.39 is 28.6 Å². The maximum Gasteiger partial charge on any atom is 0.259 e. The molecule has 98 valence electrons. The molecule has 0 spiro atoms. The Morgan fingerprint density at radius 1 is 1.39 bits per heavy atom. The molecule has 0 unspecified atom stereocenters. The second kappa shape index (κ2) is 4.65. The predicted octanol–water partition coefficient (Wildman–Crippen LogP) is 1.92. The van der Waals surface area contributed by atoms with Gasteiger partial charge < -0.3 is 10.6 Å². The van der Waals surface area contributed by atoms with Gasteiger partial charge in [0.25, 0.3) is 5.91 Å². The first-order chi connectivity index (χ1) is 8.47. The summed E-state index contributed by atoms with van der Waals surface area (Å²) >= 11 is 0. The Bertz CT molecular complexity index is 450. The van der Waals surface area contributed by atoms with E-state index in [0.29, 0.717) is 13.1 Å². The molecule has 0 aromatic heterocycles. The van der Waals surface area contributed by atoms with Gasteiger partial charge in [0.15, 0.2) is 0 Å². The van der Waals surface area contributed by atoms with Gasteiger partial charge in [-0.3, -0.25) is 4.79 Å². The lowest BCUT2D eigenvalue weighted by Gasteiger charge is -2.47. The van der Waals surface area contributed by atoms with Gasteiger partial charge in [-0.25, -0.2) is 8.78 Å². The number of carbonyl (C=O) groups excluding carboxylic acids is 1. The standard InChI is InChI=1S/C13H16F2N2O/c1-2-6-13(16)7-17(8-13)12(18)11-9(14)4-3-5-10(11)15/h3-5H,2,6-8,16H2,1H3. The Kier molecular flexibility index (Phi) is 3.34. The Morgan fingerprint density at radius 2 is 1.94 bits per heavy atom. The number of likely N-dealkylation sites (tertiary alicyclic amines) is 1. The summed E-state index contributed by atoms with van der Waals surface area (Å²) in [6.07, 6.45) is 1.73. The minimum Gasteiger partial charge on any atom is -0.335 e. The molecule has 3 nitrogen and oxygen atoms in total. The van der Waals surface area contributed by atoms with Crippen LogP contribution in [0.5, 0.6) is 0 Å². The third kappa shape index (κ3) is 2.22. The number of benzene rings is 1. The minimum absolute atomic E-state index is 0.355. The van der Waals surface area contributed by atoms with Crippen LogP contribution in [0, 0.1) is 11.6 Å². The van der Waals surface area contributed by atoms with Crippen molar-refractivity contribution in [2.45, 2.75) is 25.3 Å². The number of hydrogen-bond donors (Lipinski definition) is 1. The summed E-state index contributed by atoms with van der Waals surface area (Å²) in [4.78, 5) is 13.3. The van der Waals surface area contributed by atoms with Gasteiger partial charge in [0.2, 0.25) is 0 Å². The molecule has 0 radical (unpaired) electrons. The number of rotatable bonds is 3. The second-order valence-electron chi connectivity index (χ2n) is 4.87. The number of hydrogen-bond acceptors (Lipinski definition) is 2. The van der Waals surface area contributed by atoms with E-state index in [1.807, 2.05) is 6.92 Å². The van der Waals surface area contributed by atoms with Crippen LogP contribution in [0.1, 0.15) is 30.1 Å². The number of nitrogens with zero attached hydrogens (tertiary/aromatic N) is 1. The zero-order chi connectivity index (χ0) is 13.3. The molecular formula is C13H16F2N2O. The minimum atomic E-state index is -0.829. The Balaban J connectivity index is 2.11. The topological polar surface area (TPSA) is 46.3 Å². The van der Waals surface area contributed by atoms with Crippen LogP contribution in [0.2, 0.25) is 0 Å². The van der Waals surface area contributed by atoms with E-state index in [-0.39, 0.29) is 0 Å². The molecule has 18 heavy (non-hydrogen) atoms. The zero-order valence-electron chi connectivity index (χ0n) is 10.2. The number of halogens is 2. The van der Waals surface area contributed by atoms with Gasteiger partial charge in [-0.15, -0.1) is 0 Å². The first-order valence-electron chi connectivity index (χ1n) is 5.99. The van der Waals surface area contributed by atoms with Crippen LogP contribution in [0.3, 0.4) is 0 Å². The van der Waals surface area contributed by atoms with Crippen LogP contribution in [0.4, 0.5) is 8.78 Å². The van der Waals surface area contributed by atoms with Crippen molar-refractivity contribution in [2.24, 2.45) is 5.73 Å². The van der Waals surface area contributed by atoms with Crippen molar-refractivity contribution in [3.05, 3.63) is 35.4 Å². The fourth-order valence-electron chi connectivity index (χ4n) is 2.37. The van der Waals surface area contributed by atoms with E-state index in [1.54, 1.807) is 0 Å². The second-order valence-corrected chi connectivity index (χ2v) is 4.87. The lowest BCUT2D eigenvalue weighted by atomic mass is 9.86. The van der Waals surface area contributed by atoms with Crippen molar-refractivity contribution < 1.29 is 13.6 Å². The number of nitrogens with two attached hydrogens (primary N) is 1. The van der Waals surface area contributed by atoms with E-state index in [9.17, 15) is 13.6 Å². The lowest BCUT2D eigenvalue weighted by molar-refractivity contribution is 0.0377. The lowest BCUT2D eigenvalue weighted by Crippen LogP contribution is -2.68. The molecule has 1 aliphatic heterocycles. The highest BCUT2D eigenvalue weighted by Crippen LogP contribution is 2.26. The molecule has 5 heteroatoms. The normalized spacial score (nSPS) is 17.4. The molecule has 0 atom stereocenters. The summed E-state index contributed by atoms with van der Waals surface area (Å²) in [7, 11) is 0. The van der Waals surface area contributed by atoms with Gasteiger partial charge in [-0.1, -0.05) is 19.4 Å². The summed E-state index contributed by atoms with van der Waals surface area (Å²) in [6, 6.07) is 3.40. The molecule has 2 N–H and O–H groups in total. The average molecular weight is 254 g/mol. The number of amides is 1. The quantitative estimate of drug-likeness (QED) is 0.895. The van der Waals surface area contributed by atoms with E-state index in [4.69, 9.17) is 5.73 Å².